The van der Waals surface area contributed by atoms with Crippen LogP contribution in [-0.2, 0) is 0 Å². The summed E-state index contributed by atoms with van der Waals surface area (Å²) in [6, 6.07) is 18.5. The lowest BCUT2D eigenvalue weighted by Gasteiger charge is -2.08. The summed E-state index contributed by atoms with van der Waals surface area (Å²) in [7, 11) is 1.57. The quantitative estimate of drug-likeness (QED) is 0.201. The Morgan fingerprint density at radius 1 is 0.933 bits per heavy atom. The van der Waals surface area contributed by atoms with Crippen molar-refractivity contribution in [2.45, 2.75) is 0 Å². The zero-order chi connectivity index (χ0) is 21.1. The minimum atomic E-state index is -0.485. The van der Waals surface area contributed by atoms with Crippen LogP contribution in [0.25, 0.3) is 11.0 Å². The van der Waals surface area contributed by atoms with Crippen molar-refractivity contribution >= 4 is 39.5 Å². The van der Waals surface area contributed by atoms with E-state index < -0.39 is 5.97 Å². The summed E-state index contributed by atoms with van der Waals surface area (Å²) >= 11 is 2.07. The Morgan fingerprint density at radius 3 is 2.37 bits per heavy atom. The van der Waals surface area contributed by atoms with Crippen molar-refractivity contribution < 1.29 is 23.4 Å². The van der Waals surface area contributed by atoms with Crippen LogP contribution in [0.5, 0.6) is 23.0 Å². The van der Waals surface area contributed by atoms with E-state index in [-0.39, 0.29) is 22.5 Å². The van der Waals surface area contributed by atoms with Crippen molar-refractivity contribution in [1.29, 1.82) is 0 Å². The first-order valence-corrected chi connectivity index (χ1v) is 9.97. The highest BCUT2D eigenvalue weighted by Crippen LogP contribution is 2.26. The molecular formula is C23H15IO6. The number of carbonyl (C=O) groups excluding carboxylic acids is 1. The van der Waals surface area contributed by atoms with Crippen molar-refractivity contribution in [3.63, 3.8) is 0 Å². The van der Waals surface area contributed by atoms with Gasteiger partial charge in [0.2, 0.25) is 11.2 Å². The lowest BCUT2D eigenvalue weighted by Crippen LogP contribution is -2.10. The number of hydrogen-bond acceptors (Lipinski definition) is 6. The number of rotatable bonds is 5. The van der Waals surface area contributed by atoms with Gasteiger partial charge in [-0.3, -0.25) is 4.79 Å². The Labute approximate surface area is 185 Å². The topological polar surface area (TPSA) is 75.0 Å². The summed E-state index contributed by atoms with van der Waals surface area (Å²) in [6.45, 7) is 0. The molecule has 0 unspecified atom stereocenters. The first-order valence-electron chi connectivity index (χ1n) is 8.89. The Balaban J connectivity index is 1.58. The minimum absolute atomic E-state index is 0.0521. The smallest absolute Gasteiger partial charge is 0.344 e. The molecule has 6 nitrogen and oxygen atoms in total. The minimum Gasteiger partial charge on any atom is -0.497 e. The molecule has 1 aromatic heterocycles. The molecule has 0 spiro atoms. The molecule has 1 heterocycles. The van der Waals surface area contributed by atoms with Crippen molar-refractivity contribution in [3.05, 3.63) is 92.4 Å². The van der Waals surface area contributed by atoms with Gasteiger partial charge in [-0.2, -0.15) is 0 Å². The second-order valence-corrected chi connectivity index (χ2v) is 7.40. The van der Waals surface area contributed by atoms with Gasteiger partial charge in [0.25, 0.3) is 0 Å². The SMILES string of the molecule is COc1ccc(Oc2coc3cc(OC(=O)c4ccccc4I)ccc3c2=O)cc1. The van der Waals surface area contributed by atoms with Crippen LogP contribution in [0.3, 0.4) is 0 Å². The number of benzene rings is 3. The summed E-state index contributed by atoms with van der Waals surface area (Å²) in [5.41, 5.74) is 0.417. The Bertz CT molecular complexity index is 1280. The zero-order valence-corrected chi connectivity index (χ0v) is 17.9. The number of ether oxygens (including phenoxy) is 3. The highest BCUT2D eigenvalue weighted by atomic mass is 127. The molecule has 0 saturated heterocycles. The number of esters is 1. The van der Waals surface area contributed by atoms with Gasteiger partial charge in [0.15, 0.2) is 0 Å². The molecule has 4 rings (SSSR count). The van der Waals surface area contributed by atoms with Crippen LogP contribution in [0.1, 0.15) is 10.4 Å². The standard InChI is InChI=1S/C23H15IO6/c1-27-14-6-8-15(9-7-14)29-21-13-28-20-12-16(10-11-18(20)22(21)25)30-23(26)17-4-2-3-5-19(17)24/h2-13H,1H3. The number of fused-ring (bicyclic) bond motifs is 1. The average molecular weight is 514 g/mol. The molecule has 0 bridgehead atoms. The summed E-state index contributed by atoms with van der Waals surface area (Å²) in [5.74, 6) is 1.00. The van der Waals surface area contributed by atoms with Gasteiger partial charge in [0.1, 0.15) is 29.1 Å². The first kappa shape index (κ1) is 20.0. The molecule has 3 aromatic carbocycles. The van der Waals surface area contributed by atoms with Crippen LogP contribution in [0.15, 0.2) is 82.2 Å². The van der Waals surface area contributed by atoms with E-state index in [2.05, 4.69) is 22.6 Å². The van der Waals surface area contributed by atoms with Crippen LogP contribution >= 0.6 is 22.6 Å². The van der Waals surface area contributed by atoms with Gasteiger partial charge in [-0.1, -0.05) is 12.1 Å². The third-order valence-corrected chi connectivity index (χ3v) is 5.25. The van der Waals surface area contributed by atoms with Crippen molar-refractivity contribution in [3.8, 4) is 23.0 Å². The molecule has 0 N–H and O–H groups in total. The Kier molecular flexibility index (Phi) is 5.71. The Hall–Kier alpha value is -3.33. The maximum Gasteiger partial charge on any atom is 0.344 e. The molecule has 0 fully saturated rings. The van der Waals surface area contributed by atoms with E-state index in [0.717, 1.165) is 3.57 Å². The normalized spacial score (nSPS) is 10.6. The number of carbonyl (C=O) groups is 1. The number of halogens is 1. The average Bonchev–Trinajstić information content (AvgIpc) is 2.76. The lowest BCUT2D eigenvalue weighted by molar-refractivity contribution is 0.0734. The fraction of sp³-hybridized carbons (Fsp3) is 0.0435. The molecule has 0 aliphatic heterocycles. The third kappa shape index (κ3) is 4.16. The van der Waals surface area contributed by atoms with E-state index in [1.807, 2.05) is 12.1 Å². The van der Waals surface area contributed by atoms with Crippen LogP contribution in [0.4, 0.5) is 0 Å². The van der Waals surface area contributed by atoms with Crippen LogP contribution in [0, 0.1) is 3.57 Å². The number of methoxy groups -OCH3 is 1. The molecule has 0 aliphatic rings. The predicted molar refractivity (Wildman–Crippen MR) is 120 cm³/mol. The summed E-state index contributed by atoms with van der Waals surface area (Å²) in [5, 5.41) is 0.315. The molecule has 4 aromatic rings. The lowest BCUT2D eigenvalue weighted by atomic mass is 10.2. The molecule has 0 atom stereocenters. The highest BCUT2D eigenvalue weighted by Gasteiger charge is 2.14. The summed E-state index contributed by atoms with van der Waals surface area (Å²) in [6.07, 6.45) is 1.24. The maximum absolute atomic E-state index is 12.7. The van der Waals surface area contributed by atoms with Gasteiger partial charge >= 0.3 is 5.97 Å². The van der Waals surface area contributed by atoms with E-state index in [9.17, 15) is 9.59 Å². The van der Waals surface area contributed by atoms with Crippen LogP contribution in [-0.4, -0.2) is 13.1 Å². The van der Waals surface area contributed by atoms with Gasteiger partial charge in [0, 0.05) is 9.64 Å². The third-order valence-electron chi connectivity index (χ3n) is 4.31. The molecule has 30 heavy (non-hydrogen) atoms. The highest BCUT2D eigenvalue weighted by molar-refractivity contribution is 14.1. The van der Waals surface area contributed by atoms with Gasteiger partial charge < -0.3 is 18.6 Å². The fourth-order valence-corrected chi connectivity index (χ4v) is 3.39. The molecule has 7 heteroatoms. The zero-order valence-electron chi connectivity index (χ0n) is 15.8. The van der Waals surface area contributed by atoms with Crippen molar-refractivity contribution in [1.82, 2.24) is 0 Å². The second-order valence-electron chi connectivity index (χ2n) is 6.23. The van der Waals surface area contributed by atoms with E-state index in [0.29, 0.717) is 22.4 Å². The first-order chi connectivity index (χ1) is 14.5. The van der Waals surface area contributed by atoms with E-state index in [4.69, 9.17) is 18.6 Å². The largest absolute Gasteiger partial charge is 0.497 e. The number of hydrogen-bond donors (Lipinski definition) is 0. The summed E-state index contributed by atoms with van der Waals surface area (Å²) in [4.78, 5) is 25.1. The van der Waals surface area contributed by atoms with Gasteiger partial charge in [-0.25, -0.2) is 4.79 Å². The van der Waals surface area contributed by atoms with E-state index in [1.54, 1.807) is 55.6 Å². The Morgan fingerprint density at radius 2 is 1.63 bits per heavy atom. The van der Waals surface area contributed by atoms with Crippen LogP contribution < -0.4 is 19.6 Å². The monoisotopic (exact) mass is 514 g/mol. The van der Waals surface area contributed by atoms with Crippen molar-refractivity contribution in [2.75, 3.05) is 7.11 Å². The van der Waals surface area contributed by atoms with Gasteiger partial charge in [0.05, 0.1) is 18.1 Å². The maximum atomic E-state index is 12.7. The molecule has 0 aliphatic carbocycles. The van der Waals surface area contributed by atoms with Gasteiger partial charge in [-0.05, 0) is 71.1 Å². The molecule has 150 valence electrons. The van der Waals surface area contributed by atoms with Gasteiger partial charge in [-0.15, -0.1) is 0 Å². The fourth-order valence-electron chi connectivity index (χ4n) is 2.78. The second kappa shape index (κ2) is 8.58. The predicted octanol–water partition coefficient (Wildman–Crippen LogP) is 5.42. The van der Waals surface area contributed by atoms with Crippen LogP contribution in [0.2, 0.25) is 0 Å². The molecule has 0 radical (unpaired) electrons. The van der Waals surface area contributed by atoms with E-state index in [1.165, 1.54) is 12.3 Å². The molecule has 0 saturated carbocycles. The molecular weight excluding hydrogens is 499 g/mol. The molecule has 0 amide bonds. The summed E-state index contributed by atoms with van der Waals surface area (Å²) < 4.78 is 22.5. The van der Waals surface area contributed by atoms with E-state index >= 15 is 0 Å². The van der Waals surface area contributed by atoms with Crippen molar-refractivity contribution in [2.24, 2.45) is 0 Å².